The highest BCUT2D eigenvalue weighted by Crippen LogP contribution is 2.12. The van der Waals surface area contributed by atoms with E-state index in [0.29, 0.717) is 0 Å². The van der Waals surface area contributed by atoms with Gasteiger partial charge in [0.15, 0.2) is 0 Å². The average molecular weight is 230 g/mol. The predicted molar refractivity (Wildman–Crippen MR) is 44.4 cm³/mol. The van der Waals surface area contributed by atoms with E-state index in [2.05, 4.69) is 0 Å². The Kier molecular flexibility index (Phi) is 4.38. The van der Waals surface area contributed by atoms with Crippen molar-refractivity contribution in [2.45, 2.75) is 19.1 Å². The molecule has 0 aromatic heterocycles. The van der Waals surface area contributed by atoms with Gasteiger partial charge in [-0.1, -0.05) is 5.92 Å². The maximum absolute atomic E-state index is 11.6. The van der Waals surface area contributed by atoms with E-state index in [1.54, 1.807) is 4.72 Å². The van der Waals surface area contributed by atoms with Crippen molar-refractivity contribution < 1.29 is 21.6 Å². The van der Waals surface area contributed by atoms with Crippen LogP contribution in [0.4, 0.5) is 13.2 Å². The van der Waals surface area contributed by atoms with Crippen LogP contribution in [0.3, 0.4) is 0 Å². The third-order valence-corrected chi connectivity index (χ3v) is 2.23. The van der Waals surface area contributed by atoms with Crippen molar-refractivity contribution in [2.24, 2.45) is 0 Å². The quantitative estimate of drug-likeness (QED) is 0.667. The number of hydrogen-bond acceptors (Lipinski definition) is 2. The molecule has 0 aromatic carbocycles. The second-order valence-electron chi connectivity index (χ2n) is 2.45. The lowest BCUT2D eigenvalue weighted by atomic mass is 10.4. The Morgan fingerprint density at radius 1 is 1.50 bits per heavy atom. The van der Waals surface area contributed by atoms with Crippen LogP contribution in [0.15, 0.2) is 0 Å². The van der Waals surface area contributed by atoms with Gasteiger partial charge in [-0.05, 0) is 6.92 Å². The maximum Gasteiger partial charge on any atom is 0.402 e. The zero-order valence-corrected chi connectivity index (χ0v) is 8.04. The molecule has 0 saturated heterocycles. The van der Waals surface area contributed by atoms with E-state index in [0.717, 1.165) is 0 Å². The van der Waals surface area contributed by atoms with Crippen molar-refractivity contribution in [3.63, 3.8) is 0 Å². The molecule has 1 atom stereocenters. The Balaban J connectivity index is 4.18. The van der Waals surface area contributed by atoms with E-state index in [1.165, 1.54) is 11.6 Å². The smallest absolute Gasteiger partial charge is 0.195 e. The summed E-state index contributed by atoms with van der Waals surface area (Å²) in [6.07, 6.45) is 0.245. The van der Waals surface area contributed by atoms with Crippen molar-refractivity contribution in [3.8, 4) is 12.3 Å². The summed E-state index contributed by atoms with van der Waals surface area (Å²) < 4.78 is 59.6. The molecule has 0 saturated carbocycles. The number of nitrogens with one attached hydrogen (secondary N) is 2. The lowest BCUT2D eigenvalue weighted by Crippen LogP contribution is -2.44. The number of hydrogen-bond donors (Lipinski definition) is 2. The summed E-state index contributed by atoms with van der Waals surface area (Å²) in [5.41, 5.74) is 0. The van der Waals surface area contributed by atoms with Crippen LogP contribution in [-0.2, 0) is 10.2 Å². The minimum atomic E-state index is -4.59. The summed E-state index contributed by atoms with van der Waals surface area (Å²) in [7, 11) is -4.19. The summed E-state index contributed by atoms with van der Waals surface area (Å²) in [6, 6.07) is -0.860. The second kappa shape index (κ2) is 4.63. The fourth-order valence-electron chi connectivity index (χ4n) is 0.485. The van der Waals surface area contributed by atoms with Gasteiger partial charge in [0.1, 0.15) is 6.54 Å². The summed E-state index contributed by atoms with van der Waals surface area (Å²) in [5.74, 6) is 2.01. The van der Waals surface area contributed by atoms with Gasteiger partial charge in [0.05, 0.1) is 6.04 Å². The molecule has 2 N–H and O–H groups in total. The van der Waals surface area contributed by atoms with Crippen LogP contribution in [0.25, 0.3) is 0 Å². The normalized spacial score (nSPS) is 14.8. The van der Waals surface area contributed by atoms with Gasteiger partial charge < -0.3 is 0 Å². The summed E-state index contributed by atoms with van der Waals surface area (Å²) in [4.78, 5) is 0. The van der Waals surface area contributed by atoms with Crippen molar-refractivity contribution >= 4 is 10.2 Å². The molecule has 82 valence electrons. The highest BCUT2D eigenvalue weighted by molar-refractivity contribution is 7.87. The first-order valence-electron chi connectivity index (χ1n) is 3.46. The molecule has 0 heterocycles. The topological polar surface area (TPSA) is 58.2 Å². The minimum Gasteiger partial charge on any atom is -0.195 e. The molecule has 0 aliphatic carbocycles. The average Bonchev–Trinajstić information content (AvgIpc) is 1.99. The number of alkyl halides is 3. The molecule has 0 spiro atoms. The van der Waals surface area contributed by atoms with E-state index >= 15 is 0 Å². The third kappa shape index (κ3) is 6.71. The van der Waals surface area contributed by atoms with Crippen LogP contribution in [0.5, 0.6) is 0 Å². The van der Waals surface area contributed by atoms with Gasteiger partial charge in [-0.2, -0.15) is 31.0 Å². The van der Waals surface area contributed by atoms with Crippen LogP contribution < -0.4 is 9.44 Å². The van der Waals surface area contributed by atoms with Crippen LogP contribution in [0.1, 0.15) is 6.92 Å². The Morgan fingerprint density at radius 3 is 2.36 bits per heavy atom. The van der Waals surface area contributed by atoms with Gasteiger partial charge in [-0.15, -0.1) is 6.42 Å². The second-order valence-corrected chi connectivity index (χ2v) is 3.98. The summed E-state index contributed by atoms with van der Waals surface area (Å²) in [6.45, 7) is -0.299. The van der Waals surface area contributed by atoms with Crippen molar-refractivity contribution in [3.05, 3.63) is 0 Å². The Morgan fingerprint density at radius 2 is 2.00 bits per heavy atom. The molecule has 0 rings (SSSR count). The largest absolute Gasteiger partial charge is 0.402 e. The first-order valence-corrected chi connectivity index (χ1v) is 4.94. The number of terminal acetylenes is 1. The third-order valence-electron chi connectivity index (χ3n) is 1.04. The standard InChI is InChI=1S/C6H9F3N2O2S/c1-3-5(2)11-14(12,13)10-4-6(7,8)9/h1,5,10-11H,4H2,2H3. The fraction of sp³-hybridized carbons (Fsp3) is 0.667. The molecular weight excluding hydrogens is 221 g/mol. The van der Waals surface area contributed by atoms with Gasteiger partial charge in [-0.3, -0.25) is 0 Å². The maximum atomic E-state index is 11.6. The Hall–Kier alpha value is -0.780. The van der Waals surface area contributed by atoms with Gasteiger partial charge in [0.25, 0.3) is 10.2 Å². The number of rotatable bonds is 4. The monoisotopic (exact) mass is 230 g/mol. The molecule has 8 heteroatoms. The highest BCUT2D eigenvalue weighted by Gasteiger charge is 2.29. The van der Waals surface area contributed by atoms with Gasteiger partial charge in [-0.25, -0.2) is 0 Å². The molecule has 4 nitrogen and oxygen atoms in total. The molecule has 0 radical (unpaired) electrons. The van der Waals surface area contributed by atoms with Gasteiger partial charge in [0, 0.05) is 0 Å². The molecule has 0 aliphatic heterocycles. The van der Waals surface area contributed by atoms with Crippen molar-refractivity contribution in [2.75, 3.05) is 6.54 Å². The first-order chi connectivity index (χ1) is 6.16. The van der Waals surface area contributed by atoms with Crippen LogP contribution in [-0.4, -0.2) is 27.2 Å². The Labute approximate surface area is 80.1 Å². The van der Waals surface area contributed by atoms with Crippen molar-refractivity contribution in [1.29, 1.82) is 0 Å². The fourth-order valence-corrected chi connectivity index (χ4v) is 1.46. The first kappa shape index (κ1) is 13.2. The molecule has 0 aromatic rings. The van der Waals surface area contributed by atoms with E-state index in [9.17, 15) is 21.6 Å². The summed E-state index contributed by atoms with van der Waals surface area (Å²) in [5, 5.41) is 0. The molecule has 0 fully saturated rings. The SMILES string of the molecule is C#CC(C)NS(=O)(=O)NCC(F)(F)F. The van der Waals surface area contributed by atoms with Crippen LogP contribution >= 0.6 is 0 Å². The molecule has 14 heavy (non-hydrogen) atoms. The molecule has 0 amide bonds. The van der Waals surface area contributed by atoms with E-state index in [4.69, 9.17) is 6.42 Å². The predicted octanol–water partition coefficient (Wildman–Crippen LogP) is -0.00560. The molecule has 0 bridgehead atoms. The minimum absolute atomic E-state index is 0.860. The molecular formula is C6H9F3N2O2S. The van der Waals surface area contributed by atoms with E-state index < -0.39 is 29.0 Å². The van der Waals surface area contributed by atoms with Crippen molar-refractivity contribution in [1.82, 2.24) is 9.44 Å². The van der Waals surface area contributed by atoms with Crippen LogP contribution in [0, 0.1) is 12.3 Å². The van der Waals surface area contributed by atoms with Gasteiger partial charge >= 0.3 is 6.18 Å². The van der Waals surface area contributed by atoms with E-state index in [1.807, 2.05) is 5.92 Å². The molecule has 0 aliphatic rings. The zero-order chi connectivity index (χ0) is 11.4. The summed E-state index contributed by atoms with van der Waals surface area (Å²) >= 11 is 0. The van der Waals surface area contributed by atoms with Gasteiger partial charge in [0.2, 0.25) is 0 Å². The lowest BCUT2D eigenvalue weighted by Gasteiger charge is -2.11. The Bertz CT molecular complexity index is 317. The van der Waals surface area contributed by atoms with Crippen LogP contribution in [0.2, 0.25) is 0 Å². The highest BCUT2D eigenvalue weighted by atomic mass is 32.2. The lowest BCUT2D eigenvalue weighted by molar-refractivity contribution is -0.121. The van der Waals surface area contributed by atoms with E-state index in [-0.39, 0.29) is 0 Å². The zero-order valence-electron chi connectivity index (χ0n) is 7.22. The molecule has 1 unspecified atom stereocenters. The number of halogens is 3.